The van der Waals surface area contributed by atoms with Crippen LogP contribution in [0.1, 0.15) is 50.0 Å². The topological polar surface area (TPSA) is 165 Å². The molecule has 2 aromatic heterocycles. The molecule has 0 spiro atoms. The number of hydrogen-bond acceptors (Lipinski definition) is 8. The van der Waals surface area contributed by atoms with E-state index in [0.29, 0.717) is 28.4 Å². The minimum Gasteiger partial charge on any atom is -0.368 e. The van der Waals surface area contributed by atoms with Gasteiger partial charge < -0.3 is 21.3 Å². The van der Waals surface area contributed by atoms with Gasteiger partial charge in [0.1, 0.15) is 22.7 Å². The van der Waals surface area contributed by atoms with Crippen molar-refractivity contribution in [1.29, 1.82) is 0 Å². The van der Waals surface area contributed by atoms with Gasteiger partial charge in [0.25, 0.3) is 11.8 Å². The van der Waals surface area contributed by atoms with Gasteiger partial charge >= 0.3 is 0 Å². The zero-order valence-corrected chi connectivity index (χ0v) is 22.2. The Bertz CT molecular complexity index is 1340. The maximum Gasteiger partial charge on any atom is 0.272 e. The summed E-state index contributed by atoms with van der Waals surface area (Å²) in [5.41, 5.74) is 7.98. The lowest BCUT2D eigenvalue weighted by Gasteiger charge is -2.39. The highest BCUT2D eigenvalue weighted by molar-refractivity contribution is 7.08. The third-order valence-electron chi connectivity index (χ3n) is 6.52. The molecular weight excluding hydrogens is 508 g/mol. The van der Waals surface area contributed by atoms with Gasteiger partial charge in [-0.1, -0.05) is 34.8 Å². The van der Waals surface area contributed by atoms with E-state index in [-0.39, 0.29) is 31.2 Å². The minimum atomic E-state index is -0.971. The van der Waals surface area contributed by atoms with E-state index in [1.54, 1.807) is 27.0 Å². The van der Waals surface area contributed by atoms with Crippen molar-refractivity contribution >= 4 is 35.2 Å². The largest absolute Gasteiger partial charge is 0.368 e. The number of likely N-dealkylation sites (tertiary alicyclic amines) is 1. The van der Waals surface area contributed by atoms with E-state index in [1.807, 2.05) is 30.3 Å². The van der Waals surface area contributed by atoms with Crippen LogP contribution < -0.4 is 16.4 Å². The third kappa shape index (κ3) is 6.05. The highest BCUT2D eigenvalue weighted by atomic mass is 32.1. The summed E-state index contributed by atoms with van der Waals surface area (Å²) in [6.07, 6.45) is 0.802. The fourth-order valence-electron chi connectivity index (χ4n) is 4.58. The molecule has 1 aliphatic heterocycles. The van der Waals surface area contributed by atoms with Crippen LogP contribution in [0.3, 0.4) is 0 Å². The van der Waals surface area contributed by atoms with Gasteiger partial charge in [-0.2, -0.15) is 5.10 Å². The first-order valence-corrected chi connectivity index (χ1v) is 13.0. The molecule has 200 valence electrons. The van der Waals surface area contributed by atoms with Crippen LogP contribution in [0.25, 0.3) is 0 Å². The standard InChI is InChI=1S/C25H30N8O4S/c1-14-11-20(32(3)30-14)25(37)33-10-9-17(27-24(36)21-15(2)29-31-38-21)13-19(33)23(35)28-18(22(26)34)12-16-7-5-4-6-8-16/h4-8,11,17-19H,9-10,12-13H2,1-3H3,(H2,26,34)(H,27,36)(H,28,35). The number of rotatable bonds is 8. The van der Waals surface area contributed by atoms with Crippen molar-refractivity contribution in [1.82, 2.24) is 34.9 Å². The number of primary amides is 1. The van der Waals surface area contributed by atoms with Crippen molar-refractivity contribution in [2.75, 3.05) is 6.54 Å². The Kier molecular flexibility index (Phi) is 8.15. The van der Waals surface area contributed by atoms with Gasteiger partial charge in [-0.25, -0.2) is 0 Å². The maximum absolute atomic E-state index is 13.6. The molecule has 3 aromatic rings. The molecule has 3 unspecified atom stereocenters. The normalized spacial score (nSPS) is 18.0. The van der Waals surface area contributed by atoms with Crippen LogP contribution in [0.5, 0.6) is 0 Å². The molecule has 4 N–H and O–H groups in total. The van der Waals surface area contributed by atoms with Gasteiger partial charge in [0.15, 0.2) is 0 Å². The average molecular weight is 539 g/mol. The monoisotopic (exact) mass is 538 g/mol. The first-order valence-electron chi connectivity index (χ1n) is 12.2. The number of hydrogen-bond donors (Lipinski definition) is 3. The summed E-state index contributed by atoms with van der Waals surface area (Å²) >= 11 is 0.994. The van der Waals surface area contributed by atoms with E-state index in [2.05, 4.69) is 25.3 Å². The fraction of sp³-hybridized carbons (Fsp3) is 0.400. The van der Waals surface area contributed by atoms with Crippen molar-refractivity contribution in [3.8, 4) is 0 Å². The first-order chi connectivity index (χ1) is 18.1. The lowest BCUT2D eigenvalue weighted by Crippen LogP contribution is -2.60. The molecule has 13 heteroatoms. The number of aromatic nitrogens is 4. The Morgan fingerprint density at radius 3 is 2.53 bits per heavy atom. The zero-order valence-electron chi connectivity index (χ0n) is 21.4. The van der Waals surface area contributed by atoms with Crippen LogP contribution in [0, 0.1) is 13.8 Å². The lowest BCUT2D eigenvalue weighted by molar-refractivity contribution is -0.131. The summed E-state index contributed by atoms with van der Waals surface area (Å²) in [7, 11) is 1.66. The van der Waals surface area contributed by atoms with Crippen molar-refractivity contribution in [2.45, 2.75) is 51.2 Å². The van der Waals surface area contributed by atoms with Crippen LogP contribution in [-0.2, 0) is 23.1 Å². The summed E-state index contributed by atoms with van der Waals surface area (Å²) in [6.45, 7) is 3.69. The Labute approximate surface area is 223 Å². The maximum atomic E-state index is 13.6. The Hall–Kier alpha value is -4.13. The highest BCUT2D eigenvalue weighted by Gasteiger charge is 2.39. The molecule has 1 aliphatic rings. The Morgan fingerprint density at radius 2 is 1.92 bits per heavy atom. The summed E-state index contributed by atoms with van der Waals surface area (Å²) in [6, 6.07) is 8.55. The van der Waals surface area contributed by atoms with E-state index in [4.69, 9.17) is 5.73 Å². The zero-order chi connectivity index (χ0) is 27.4. The Morgan fingerprint density at radius 1 is 1.18 bits per heavy atom. The second-order valence-corrected chi connectivity index (χ2v) is 10.1. The number of nitrogens with two attached hydrogens (primary N) is 1. The predicted octanol–water partition coefficient (Wildman–Crippen LogP) is 0.504. The van der Waals surface area contributed by atoms with Crippen LogP contribution in [-0.4, -0.2) is 72.6 Å². The van der Waals surface area contributed by atoms with Crippen molar-refractivity contribution in [3.63, 3.8) is 0 Å². The van der Waals surface area contributed by atoms with E-state index >= 15 is 0 Å². The second-order valence-electron chi connectivity index (χ2n) is 9.34. The van der Waals surface area contributed by atoms with E-state index in [9.17, 15) is 19.2 Å². The molecule has 38 heavy (non-hydrogen) atoms. The first kappa shape index (κ1) is 26.9. The summed E-state index contributed by atoms with van der Waals surface area (Å²) in [5.74, 6) is -1.90. The van der Waals surface area contributed by atoms with E-state index < -0.39 is 29.9 Å². The lowest BCUT2D eigenvalue weighted by atomic mass is 9.95. The molecule has 1 aromatic carbocycles. The summed E-state index contributed by atoms with van der Waals surface area (Å²) < 4.78 is 5.28. The molecule has 0 bridgehead atoms. The molecule has 12 nitrogen and oxygen atoms in total. The summed E-state index contributed by atoms with van der Waals surface area (Å²) in [4.78, 5) is 54.0. The molecular formula is C25H30N8O4S. The number of piperidine rings is 1. The van der Waals surface area contributed by atoms with Gasteiger partial charge in [0, 0.05) is 26.1 Å². The molecule has 3 atom stereocenters. The molecule has 0 radical (unpaired) electrons. The second kappa shape index (κ2) is 11.5. The summed E-state index contributed by atoms with van der Waals surface area (Å²) in [5, 5.41) is 13.8. The van der Waals surface area contributed by atoms with E-state index in [1.165, 1.54) is 9.58 Å². The number of amides is 4. The highest BCUT2D eigenvalue weighted by Crippen LogP contribution is 2.22. The van der Waals surface area contributed by atoms with Crippen LogP contribution in [0.4, 0.5) is 0 Å². The molecule has 4 rings (SSSR count). The predicted molar refractivity (Wildman–Crippen MR) is 139 cm³/mol. The van der Waals surface area contributed by atoms with Gasteiger partial charge in [0.05, 0.1) is 11.4 Å². The van der Waals surface area contributed by atoms with Gasteiger partial charge in [-0.15, -0.1) is 5.10 Å². The number of carbonyl (C=O) groups excluding carboxylic acids is 4. The van der Waals surface area contributed by atoms with Crippen LogP contribution in [0.15, 0.2) is 36.4 Å². The smallest absolute Gasteiger partial charge is 0.272 e. The van der Waals surface area contributed by atoms with Gasteiger partial charge in [-0.05, 0) is 49.9 Å². The van der Waals surface area contributed by atoms with E-state index in [0.717, 1.165) is 17.1 Å². The average Bonchev–Trinajstić information content (AvgIpc) is 3.47. The molecule has 3 heterocycles. The van der Waals surface area contributed by atoms with Crippen LogP contribution in [0.2, 0.25) is 0 Å². The SMILES string of the molecule is Cc1cc(C(=O)N2CCC(NC(=O)c3snnc3C)CC2C(=O)NC(Cc2ccccc2)C(N)=O)n(C)n1. The van der Waals surface area contributed by atoms with Gasteiger partial charge in [0.2, 0.25) is 11.8 Å². The minimum absolute atomic E-state index is 0.155. The van der Waals surface area contributed by atoms with Crippen molar-refractivity contribution in [2.24, 2.45) is 12.8 Å². The number of aryl methyl sites for hydroxylation is 3. The Balaban J connectivity index is 1.56. The molecule has 1 saturated heterocycles. The number of carbonyl (C=O) groups is 4. The molecule has 0 aliphatic carbocycles. The van der Waals surface area contributed by atoms with Crippen molar-refractivity contribution in [3.05, 3.63) is 63.9 Å². The van der Waals surface area contributed by atoms with Crippen LogP contribution >= 0.6 is 11.5 Å². The number of benzene rings is 1. The number of nitrogens with one attached hydrogen (secondary N) is 2. The molecule has 4 amide bonds. The molecule has 1 fully saturated rings. The van der Waals surface area contributed by atoms with Gasteiger partial charge in [-0.3, -0.25) is 23.9 Å². The molecule has 0 saturated carbocycles. The fourth-order valence-corrected chi connectivity index (χ4v) is 5.14. The quantitative estimate of drug-likeness (QED) is 0.376. The third-order valence-corrected chi connectivity index (χ3v) is 7.35. The number of nitrogens with zero attached hydrogens (tertiary/aromatic N) is 5. The van der Waals surface area contributed by atoms with Crippen molar-refractivity contribution < 1.29 is 19.2 Å².